The lowest BCUT2D eigenvalue weighted by Crippen LogP contribution is -2.41. The van der Waals surface area contributed by atoms with E-state index in [1.165, 1.54) is 4.90 Å². The molecule has 9 nitrogen and oxygen atoms in total. The van der Waals surface area contributed by atoms with Crippen LogP contribution in [0.4, 0.5) is 29.6 Å². The van der Waals surface area contributed by atoms with Gasteiger partial charge in [-0.25, -0.2) is 14.8 Å². The van der Waals surface area contributed by atoms with Crippen LogP contribution in [0.2, 0.25) is 0 Å². The van der Waals surface area contributed by atoms with E-state index in [2.05, 4.69) is 15.3 Å². The Morgan fingerprint density at radius 2 is 1.82 bits per heavy atom. The SMILES string of the molecule is NC(=O)Cc1ccccc1CCc1nc(Nc2ccc(C3CN(C(=O)O)CCO3)cc2)ncc1C(F)(F)F. The van der Waals surface area contributed by atoms with Crippen LogP contribution in [-0.2, 0) is 35.0 Å². The van der Waals surface area contributed by atoms with E-state index in [1.54, 1.807) is 48.5 Å². The number of amides is 2. The molecule has 3 aromatic rings. The lowest BCUT2D eigenvalue weighted by molar-refractivity contribution is -0.138. The number of hydrogen-bond donors (Lipinski definition) is 3. The molecular formula is C26H26F3N5O4. The maximum absolute atomic E-state index is 13.7. The predicted octanol–water partition coefficient (Wildman–Crippen LogP) is 4.10. The molecule has 4 rings (SSSR count). The summed E-state index contributed by atoms with van der Waals surface area (Å²) in [6.45, 7) is 0.790. The Morgan fingerprint density at radius 1 is 1.11 bits per heavy atom. The number of aryl methyl sites for hydroxylation is 2. The number of carboxylic acid groups (broad SMARTS) is 1. The summed E-state index contributed by atoms with van der Waals surface area (Å²) >= 11 is 0. The fraction of sp³-hybridized carbons (Fsp3) is 0.308. The number of primary amides is 1. The van der Waals surface area contributed by atoms with Gasteiger partial charge in [-0.2, -0.15) is 13.2 Å². The second-order valence-electron chi connectivity index (χ2n) is 8.80. The molecule has 2 aromatic carbocycles. The molecule has 0 saturated carbocycles. The molecule has 0 aliphatic carbocycles. The van der Waals surface area contributed by atoms with Gasteiger partial charge in [0.25, 0.3) is 0 Å². The molecule has 2 amide bonds. The highest BCUT2D eigenvalue weighted by Crippen LogP contribution is 2.32. The second kappa shape index (κ2) is 11.5. The summed E-state index contributed by atoms with van der Waals surface area (Å²) in [5.74, 6) is -0.528. The largest absolute Gasteiger partial charge is 0.465 e. The number of nitrogens with one attached hydrogen (secondary N) is 1. The average molecular weight is 530 g/mol. The van der Waals surface area contributed by atoms with Gasteiger partial charge in [-0.1, -0.05) is 36.4 Å². The van der Waals surface area contributed by atoms with E-state index < -0.39 is 29.8 Å². The van der Waals surface area contributed by atoms with Gasteiger partial charge in [-0.05, 0) is 41.7 Å². The number of anilines is 2. The van der Waals surface area contributed by atoms with E-state index in [9.17, 15) is 27.9 Å². The van der Waals surface area contributed by atoms with Crippen LogP contribution in [-0.4, -0.2) is 51.7 Å². The number of carbonyl (C=O) groups excluding carboxylic acids is 1. The minimum atomic E-state index is -4.63. The van der Waals surface area contributed by atoms with Gasteiger partial charge < -0.3 is 25.8 Å². The zero-order valence-corrected chi connectivity index (χ0v) is 20.2. The minimum Gasteiger partial charge on any atom is -0.465 e. The number of halogens is 3. The monoisotopic (exact) mass is 529 g/mol. The summed E-state index contributed by atoms with van der Waals surface area (Å²) in [6, 6.07) is 13.8. The number of morpholine rings is 1. The van der Waals surface area contributed by atoms with Gasteiger partial charge >= 0.3 is 12.3 Å². The second-order valence-corrected chi connectivity index (χ2v) is 8.80. The van der Waals surface area contributed by atoms with Crippen LogP contribution in [0.1, 0.15) is 34.1 Å². The molecule has 0 bridgehead atoms. The van der Waals surface area contributed by atoms with E-state index in [0.717, 1.165) is 17.3 Å². The van der Waals surface area contributed by atoms with Crippen molar-refractivity contribution in [2.24, 2.45) is 5.73 Å². The van der Waals surface area contributed by atoms with Crippen molar-refractivity contribution in [2.75, 3.05) is 25.0 Å². The van der Waals surface area contributed by atoms with Crippen molar-refractivity contribution in [1.82, 2.24) is 14.9 Å². The molecule has 0 spiro atoms. The van der Waals surface area contributed by atoms with E-state index in [4.69, 9.17) is 10.5 Å². The van der Waals surface area contributed by atoms with Crippen LogP contribution in [0, 0.1) is 0 Å². The molecule has 1 aliphatic rings. The molecule has 4 N–H and O–H groups in total. The summed E-state index contributed by atoms with van der Waals surface area (Å²) in [4.78, 5) is 31.9. The normalized spacial score (nSPS) is 15.8. The first-order valence-corrected chi connectivity index (χ1v) is 11.8. The number of nitrogens with zero attached hydrogens (tertiary/aromatic N) is 3. The van der Waals surface area contributed by atoms with E-state index in [1.807, 2.05) is 0 Å². The molecule has 38 heavy (non-hydrogen) atoms. The number of nitrogens with two attached hydrogens (primary N) is 1. The van der Waals surface area contributed by atoms with Crippen LogP contribution in [0.5, 0.6) is 0 Å². The predicted molar refractivity (Wildman–Crippen MR) is 132 cm³/mol. The number of aromatic nitrogens is 2. The van der Waals surface area contributed by atoms with Crippen LogP contribution in [0.25, 0.3) is 0 Å². The summed E-state index contributed by atoms with van der Waals surface area (Å²) < 4.78 is 46.7. The topological polar surface area (TPSA) is 131 Å². The Bertz CT molecular complexity index is 1300. The van der Waals surface area contributed by atoms with Gasteiger partial charge in [-0.3, -0.25) is 4.79 Å². The van der Waals surface area contributed by atoms with Crippen LogP contribution >= 0.6 is 0 Å². The van der Waals surface area contributed by atoms with Crippen molar-refractivity contribution in [1.29, 1.82) is 0 Å². The highest BCUT2D eigenvalue weighted by Gasteiger charge is 2.35. The molecular weight excluding hydrogens is 503 g/mol. The van der Waals surface area contributed by atoms with E-state index in [-0.39, 0.29) is 44.1 Å². The first-order chi connectivity index (χ1) is 18.1. The van der Waals surface area contributed by atoms with Crippen molar-refractivity contribution in [3.63, 3.8) is 0 Å². The number of carbonyl (C=O) groups is 2. The van der Waals surface area contributed by atoms with Gasteiger partial charge in [0.15, 0.2) is 0 Å². The third kappa shape index (κ3) is 6.76. The number of alkyl halides is 3. The number of hydrogen-bond acceptors (Lipinski definition) is 6. The van der Waals surface area contributed by atoms with Gasteiger partial charge in [0, 0.05) is 18.4 Å². The maximum Gasteiger partial charge on any atom is 0.419 e. The fourth-order valence-corrected chi connectivity index (χ4v) is 4.25. The highest BCUT2D eigenvalue weighted by atomic mass is 19.4. The Labute approximate surface area is 216 Å². The van der Waals surface area contributed by atoms with Gasteiger partial charge in [-0.15, -0.1) is 0 Å². The zero-order valence-electron chi connectivity index (χ0n) is 20.2. The number of rotatable bonds is 8. The molecule has 0 radical (unpaired) electrons. The van der Waals surface area contributed by atoms with Crippen molar-refractivity contribution in [3.05, 3.63) is 82.7 Å². The Kier molecular flexibility index (Phi) is 8.10. The quantitative estimate of drug-likeness (QED) is 0.400. The van der Waals surface area contributed by atoms with Gasteiger partial charge in [0.1, 0.15) is 6.10 Å². The van der Waals surface area contributed by atoms with Gasteiger partial charge in [0.2, 0.25) is 11.9 Å². The van der Waals surface area contributed by atoms with Crippen molar-refractivity contribution in [3.8, 4) is 0 Å². The van der Waals surface area contributed by atoms with Crippen LogP contribution in [0.3, 0.4) is 0 Å². The van der Waals surface area contributed by atoms with Gasteiger partial charge in [0.05, 0.1) is 30.8 Å². The maximum atomic E-state index is 13.7. The zero-order chi connectivity index (χ0) is 27.3. The smallest absolute Gasteiger partial charge is 0.419 e. The fourth-order valence-electron chi connectivity index (χ4n) is 4.25. The third-order valence-electron chi connectivity index (χ3n) is 6.16. The van der Waals surface area contributed by atoms with E-state index in [0.29, 0.717) is 17.8 Å². The lowest BCUT2D eigenvalue weighted by Gasteiger charge is -2.31. The third-order valence-corrected chi connectivity index (χ3v) is 6.16. The van der Waals surface area contributed by atoms with Crippen LogP contribution < -0.4 is 11.1 Å². The lowest BCUT2D eigenvalue weighted by atomic mass is 9.98. The van der Waals surface area contributed by atoms with Crippen molar-refractivity contribution in [2.45, 2.75) is 31.5 Å². The molecule has 200 valence electrons. The molecule has 1 fully saturated rings. The molecule has 1 saturated heterocycles. The number of benzene rings is 2. The summed E-state index contributed by atoms with van der Waals surface area (Å²) in [7, 11) is 0. The standard InChI is InChI=1S/C26H26F3N5O4/c27-26(28,29)20-14-31-24(33-21(20)10-7-16-3-1-2-4-18(16)13-23(30)35)32-19-8-5-17(6-9-19)22-15-34(25(36)37)11-12-38-22/h1-6,8-9,14,22H,7,10-13,15H2,(H2,30,35)(H,36,37)(H,31,32,33). The summed E-state index contributed by atoms with van der Waals surface area (Å²) in [5, 5.41) is 12.1. The average Bonchev–Trinajstić information content (AvgIpc) is 2.88. The van der Waals surface area contributed by atoms with Crippen LogP contribution in [0.15, 0.2) is 54.7 Å². The first-order valence-electron chi connectivity index (χ1n) is 11.8. The number of ether oxygens (including phenoxy) is 1. The molecule has 1 aliphatic heterocycles. The summed E-state index contributed by atoms with van der Waals surface area (Å²) in [6.07, 6.45) is -5.11. The molecule has 1 atom stereocenters. The molecule has 2 heterocycles. The minimum absolute atomic E-state index is 0.00265. The molecule has 12 heteroatoms. The van der Waals surface area contributed by atoms with E-state index >= 15 is 0 Å². The highest BCUT2D eigenvalue weighted by molar-refractivity contribution is 5.77. The molecule has 1 unspecified atom stereocenters. The Hall–Kier alpha value is -4.19. The van der Waals surface area contributed by atoms with Crippen molar-refractivity contribution >= 4 is 23.6 Å². The molecule has 1 aromatic heterocycles. The summed E-state index contributed by atoms with van der Waals surface area (Å²) in [5.41, 5.74) is 6.88. The Balaban J connectivity index is 1.50. The Morgan fingerprint density at radius 3 is 2.47 bits per heavy atom. The van der Waals surface area contributed by atoms with Crippen molar-refractivity contribution < 1.29 is 32.6 Å². The first kappa shape index (κ1) is 26.9.